The van der Waals surface area contributed by atoms with E-state index in [1.54, 1.807) is 4.90 Å². The van der Waals surface area contributed by atoms with Crippen LogP contribution in [0.5, 0.6) is 5.75 Å². The van der Waals surface area contributed by atoms with Gasteiger partial charge in [-0.3, -0.25) is 4.90 Å². The third kappa shape index (κ3) is 6.25. The molecule has 0 bridgehead atoms. The first-order valence-corrected chi connectivity index (χ1v) is 9.80. The Bertz CT molecular complexity index is 907. The highest BCUT2D eigenvalue weighted by molar-refractivity contribution is 5.92. The highest BCUT2D eigenvalue weighted by Crippen LogP contribution is 2.20. The van der Waals surface area contributed by atoms with E-state index >= 15 is 0 Å². The van der Waals surface area contributed by atoms with Crippen LogP contribution in [0.2, 0.25) is 0 Å². The van der Waals surface area contributed by atoms with E-state index in [-0.39, 0.29) is 6.03 Å². The van der Waals surface area contributed by atoms with Crippen LogP contribution in [0, 0.1) is 0 Å². The number of nitrogens with one attached hydrogen (secondary N) is 1. The van der Waals surface area contributed by atoms with Gasteiger partial charge in [-0.2, -0.15) is 0 Å². The van der Waals surface area contributed by atoms with Crippen LogP contribution >= 0.6 is 0 Å². The molecule has 0 radical (unpaired) electrons. The third-order valence-corrected chi connectivity index (χ3v) is 4.39. The molecule has 0 aliphatic heterocycles. The SMILES string of the molecule is CCOc1ccc(N(C/C=C/c2ccccc2)C(=O)NCc2ccccc2)cc1. The molecule has 0 saturated carbocycles. The maximum atomic E-state index is 12.9. The smallest absolute Gasteiger partial charge is 0.322 e. The maximum Gasteiger partial charge on any atom is 0.322 e. The quantitative estimate of drug-likeness (QED) is 0.554. The topological polar surface area (TPSA) is 41.6 Å². The van der Waals surface area contributed by atoms with E-state index in [0.717, 1.165) is 22.6 Å². The summed E-state index contributed by atoms with van der Waals surface area (Å²) in [5.41, 5.74) is 2.98. The summed E-state index contributed by atoms with van der Waals surface area (Å²) >= 11 is 0. The molecule has 0 unspecified atom stereocenters. The minimum absolute atomic E-state index is 0.143. The molecule has 3 aromatic carbocycles. The Morgan fingerprint density at radius 3 is 2.24 bits per heavy atom. The Morgan fingerprint density at radius 1 is 0.931 bits per heavy atom. The van der Waals surface area contributed by atoms with Crippen LogP contribution in [0.25, 0.3) is 6.08 Å². The summed E-state index contributed by atoms with van der Waals surface area (Å²) in [6, 6.07) is 27.4. The summed E-state index contributed by atoms with van der Waals surface area (Å²) in [6.07, 6.45) is 4.01. The minimum Gasteiger partial charge on any atom is -0.494 e. The van der Waals surface area contributed by atoms with Gasteiger partial charge in [0, 0.05) is 18.8 Å². The number of benzene rings is 3. The molecule has 3 aromatic rings. The van der Waals surface area contributed by atoms with Crippen LogP contribution in [0.1, 0.15) is 18.1 Å². The van der Waals surface area contributed by atoms with Gasteiger partial charge in [-0.15, -0.1) is 0 Å². The second-order valence-corrected chi connectivity index (χ2v) is 6.49. The molecule has 0 spiro atoms. The fourth-order valence-electron chi connectivity index (χ4n) is 2.92. The first-order valence-electron chi connectivity index (χ1n) is 9.80. The predicted octanol–water partition coefficient (Wildman–Crippen LogP) is 5.51. The van der Waals surface area contributed by atoms with Crippen LogP contribution in [0.15, 0.2) is 91.0 Å². The number of rotatable bonds is 8. The summed E-state index contributed by atoms with van der Waals surface area (Å²) in [4.78, 5) is 14.6. The average Bonchev–Trinajstić information content (AvgIpc) is 2.77. The number of nitrogens with zero attached hydrogens (tertiary/aromatic N) is 1. The largest absolute Gasteiger partial charge is 0.494 e. The first kappa shape index (κ1) is 20.2. The molecule has 3 rings (SSSR count). The average molecular weight is 386 g/mol. The molecule has 2 amide bonds. The highest BCUT2D eigenvalue weighted by Gasteiger charge is 2.14. The van der Waals surface area contributed by atoms with E-state index < -0.39 is 0 Å². The lowest BCUT2D eigenvalue weighted by atomic mass is 10.2. The lowest BCUT2D eigenvalue weighted by Crippen LogP contribution is -2.39. The van der Waals surface area contributed by atoms with Crippen molar-refractivity contribution < 1.29 is 9.53 Å². The monoisotopic (exact) mass is 386 g/mol. The molecule has 29 heavy (non-hydrogen) atoms. The van der Waals surface area contributed by atoms with Gasteiger partial charge in [-0.05, 0) is 42.3 Å². The molecule has 0 saturated heterocycles. The number of urea groups is 1. The van der Waals surface area contributed by atoms with Crippen LogP contribution < -0.4 is 15.0 Å². The van der Waals surface area contributed by atoms with E-state index in [0.29, 0.717) is 19.7 Å². The van der Waals surface area contributed by atoms with Crippen molar-refractivity contribution in [3.63, 3.8) is 0 Å². The van der Waals surface area contributed by atoms with Gasteiger partial charge in [0.15, 0.2) is 0 Å². The van der Waals surface area contributed by atoms with Crippen LogP contribution in [-0.2, 0) is 6.54 Å². The molecular weight excluding hydrogens is 360 g/mol. The zero-order chi connectivity index (χ0) is 20.3. The van der Waals surface area contributed by atoms with Crippen molar-refractivity contribution in [2.24, 2.45) is 0 Å². The number of carbonyl (C=O) groups excluding carboxylic acids is 1. The molecule has 4 heteroatoms. The lowest BCUT2D eigenvalue weighted by Gasteiger charge is -2.22. The Balaban J connectivity index is 1.72. The van der Waals surface area contributed by atoms with Crippen LogP contribution in [0.3, 0.4) is 0 Å². The minimum atomic E-state index is -0.143. The van der Waals surface area contributed by atoms with Gasteiger partial charge >= 0.3 is 6.03 Å². The summed E-state index contributed by atoms with van der Waals surface area (Å²) in [6.45, 7) is 3.51. The Hall–Kier alpha value is -3.53. The Labute approximate surface area is 172 Å². The number of hydrogen-bond acceptors (Lipinski definition) is 2. The van der Waals surface area contributed by atoms with Gasteiger partial charge in [-0.1, -0.05) is 72.8 Å². The zero-order valence-corrected chi connectivity index (χ0v) is 16.6. The van der Waals surface area contributed by atoms with E-state index in [9.17, 15) is 4.79 Å². The summed E-state index contributed by atoms with van der Waals surface area (Å²) in [5.74, 6) is 0.792. The summed E-state index contributed by atoms with van der Waals surface area (Å²) in [7, 11) is 0. The number of amides is 2. The van der Waals surface area contributed by atoms with Crippen molar-refractivity contribution in [3.8, 4) is 5.75 Å². The van der Waals surface area contributed by atoms with E-state index in [1.165, 1.54) is 0 Å². The number of ether oxygens (including phenoxy) is 1. The van der Waals surface area contributed by atoms with Gasteiger partial charge in [0.2, 0.25) is 0 Å². The molecule has 0 heterocycles. The Kier molecular flexibility index (Phi) is 7.47. The summed E-state index contributed by atoms with van der Waals surface area (Å²) < 4.78 is 5.51. The summed E-state index contributed by atoms with van der Waals surface area (Å²) in [5, 5.41) is 3.01. The normalized spacial score (nSPS) is 10.7. The van der Waals surface area contributed by atoms with Crippen molar-refractivity contribution >= 4 is 17.8 Å². The van der Waals surface area contributed by atoms with Crippen molar-refractivity contribution in [1.29, 1.82) is 0 Å². The number of anilines is 1. The second kappa shape index (κ2) is 10.7. The molecule has 0 aliphatic carbocycles. The zero-order valence-electron chi connectivity index (χ0n) is 16.6. The standard InChI is InChI=1S/C25H26N2O2/c1-2-29-24-17-15-23(16-18-24)27(19-9-14-21-10-5-3-6-11-21)25(28)26-20-22-12-7-4-8-13-22/h3-18H,2,19-20H2,1H3,(H,26,28)/b14-9+. The first-order chi connectivity index (χ1) is 14.3. The molecule has 0 fully saturated rings. The van der Waals surface area contributed by atoms with Crippen molar-refractivity contribution in [3.05, 3.63) is 102 Å². The van der Waals surface area contributed by atoms with Crippen molar-refractivity contribution in [1.82, 2.24) is 5.32 Å². The highest BCUT2D eigenvalue weighted by atomic mass is 16.5. The lowest BCUT2D eigenvalue weighted by molar-refractivity contribution is 0.246. The van der Waals surface area contributed by atoms with Gasteiger partial charge < -0.3 is 10.1 Å². The predicted molar refractivity (Wildman–Crippen MR) is 119 cm³/mol. The maximum absolute atomic E-state index is 12.9. The molecule has 148 valence electrons. The molecule has 0 aliphatic rings. The van der Waals surface area contributed by atoms with Gasteiger partial charge in [-0.25, -0.2) is 4.79 Å². The molecule has 0 aromatic heterocycles. The van der Waals surface area contributed by atoms with Crippen molar-refractivity contribution in [2.45, 2.75) is 13.5 Å². The van der Waals surface area contributed by atoms with Crippen LogP contribution in [0.4, 0.5) is 10.5 Å². The van der Waals surface area contributed by atoms with E-state index in [4.69, 9.17) is 4.74 Å². The van der Waals surface area contributed by atoms with Gasteiger partial charge in [0.1, 0.15) is 5.75 Å². The fourth-order valence-corrected chi connectivity index (χ4v) is 2.92. The molecule has 1 N–H and O–H groups in total. The second-order valence-electron chi connectivity index (χ2n) is 6.49. The van der Waals surface area contributed by atoms with E-state index in [2.05, 4.69) is 5.32 Å². The van der Waals surface area contributed by atoms with Crippen LogP contribution in [-0.4, -0.2) is 19.2 Å². The molecular formula is C25H26N2O2. The molecule has 4 nitrogen and oxygen atoms in total. The van der Waals surface area contributed by atoms with Gasteiger partial charge in [0.25, 0.3) is 0 Å². The number of carbonyl (C=O) groups is 1. The fraction of sp³-hybridized carbons (Fsp3) is 0.160. The Morgan fingerprint density at radius 2 is 1.59 bits per heavy atom. The third-order valence-electron chi connectivity index (χ3n) is 4.39. The van der Waals surface area contributed by atoms with Gasteiger partial charge in [0.05, 0.1) is 6.61 Å². The van der Waals surface area contributed by atoms with Crippen molar-refractivity contribution in [2.75, 3.05) is 18.1 Å². The number of hydrogen-bond donors (Lipinski definition) is 1. The van der Waals surface area contributed by atoms with E-state index in [1.807, 2.05) is 104 Å². The molecule has 0 atom stereocenters.